The highest BCUT2D eigenvalue weighted by molar-refractivity contribution is 4.90. The molecule has 3 nitrogen and oxygen atoms in total. The van der Waals surface area contributed by atoms with E-state index < -0.39 is 5.60 Å². The van der Waals surface area contributed by atoms with Crippen molar-refractivity contribution in [1.82, 2.24) is 4.90 Å². The Morgan fingerprint density at radius 2 is 2.50 bits per heavy atom. The van der Waals surface area contributed by atoms with Crippen LogP contribution >= 0.6 is 0 Å². The minimum absolute atomic E-state index is 0.524. The van der Waals surface area contributed by atoms with E-state index in [1.807, 2.05) is 0 Å². The first-order valence-corrected chi connectivity index (χ1v) is 4.74. The molecule has 0 aromatic rings. The van der Waals surface area contributed by atoms with Gasteiger partial charge in [-0.3, -0.25) is 4.90 Å². The van der Waals surface area contributed by atoms with E-state index in [-0.39, 0.29) is 0 Å². The molecule has 12 heavy (non-hydrogen) atoms. The van der Waals surface area contributed by atoms with Crippen molar-refractivity contribution in [3.8, 4) is 0 Å². The molecule has 3 heteroatoms. The molecule has 2 aliphatic rings. The van der Waals surface area contributed by atoms with Crippen molar-refractivity contribution in [3.05, 3.63) is 0 Å². The summed E-state index contributed by atoms with van der Waals surface area (Å²) in [4.78, 5) is 2.33. The molecule has 2 aliphatic heterocycles. The molecular formula is C9H17NO2. The maximum atomic E-state index is 9.98. The third-order valence-corrected chi connectivity index (χ3v) is 3.04. The third kappa shape index (κ3) is 1.49. The van der Waals surface area contributed by atoms with Crippen molar-refractivity contribution in [3.63, 3.8) is 0 Å². The van der Waals surface area contributed by atoms with Crippen LogP contribution in [0.4, 0.5) is 0 Å². The van der Waals surface area contributed by atoms with Gasteiger partial charge < -0.3 is 9.84 Å². The molecule has 0 amide bonds. The van der Waals surface area contributed by atoms with E-state index in [1.165, 1.54) is 6.42 Å². The van der Waals surface area contributed by atoms with Gasteiger partial charge in [0, 0.05) is 32.2 Å². The quantitative estimate of drug-likeness (QED) is 0.645. The Morgan fingerprint density at radius 1 is 1.67 bits per heavy atom. The molecule has 2 saturated heterocycles. The van der Waals surface area contributed by atoms with Gasteiger partial charge in [0.15, 0.2) is 0 Å². The number of aliphatic hydroxyl groups is 1. The maximum absolute atomic E-state index is 9.98. The Hall–Kier alpha value is -0.120. The smallest absolute Gasteiger partial charge is 0.103 e. The first-order valence-electron chi connectivity index (χ1n) is 4.74. The molecule has 2 fully saturated rings. The predicted octanol–water partition coefficient (Wildman–Crippen LogP) is 0.232. The number of β-amino-alcohol motifs (C(OH)–C–C–N with tert-alkyl or cyclic N) is 1. The van der Waals surface area contributed by atoms with Gasteiger partial charge in [-0.2, -0.15) is 0 Å². The first-order chi connectivity index (χ1) is 5.70. The van der Waals surface area contributed by atoms with Crippen LogP contribution in [-0.2, 0) is 4.74 Å². The molecule has 70 valence electrons. The van der Waals surface area contributed by atoms with E-state index in [1.54, 1.807) is 0 Å². The van der Waals surface area contributed by atoms with Crippen molar-refractivity contribution in [1.29, 1.82) is 0 Å². The fourth-order valence-electron chi connectivity index (χ4n) is 1.90. The van der Waals surface area contributed by atoms with E-state index in [2.05, 4.69) is 11.8 Å². The molecule has 0 aromatic heterocycles. The Balaban J connectivity index is 1.84. The second kappa shape index (κ2) is 2.98. The third-order valence-electron chi connectivity index (χ3n) is 3.04. The van der Waals surface area contributed by atoms with Crippen LogP contribution in [0.25, 0.3) is 0 Å². The van der Waals surface area contributed by atoms with Crippen LogP contribution in [0.5, 0.6) is 0 Å². The Morgan fingerprint density at radius 3 is 2.92 bits per heavy atom. The summed E-state index contributed by atoms with van der Waals surface area (Å²) in [6, 6.07) is 0.662. The van der Waals surface area contributed by atoms with Crippen LogP contribution in [0.15, 0.2) is 0 Å². The van der Waals surface area contributed by atoms with E-state index >= 15 is 0 Å². The largest absolute Gasteiger partial charge is 0.386 e. The maximum Gasteiger partial charge on any atom is 0.103 e. The normalized spacial score (nSPS) is 43.0. The van der Waals surface area contributed by atoms with Crippen molar-refractivity contribution in [2.24, 2.45) is 0 Å². The lowest BCUT2D eigenvalue weighted by Crippen LogP contribution is -2.53. The van der Waals surface area contributed by atoms with Gasteiger partial charge in [-0.15, -0.1) is 0 Å². The second-order valence-electron chi connectivity index (χ2n) is 4.14. The molecule has 0 radical (unpaired) electrons. The summed E-state index contributed by atoms with van der Waals surface area (Å²) in [6.45, 7) is 5.40. The van der Waals surface area contributed by atoms with Crippen LogP contribution in [0.3, 0.4) is 0 Å². The van der Waals surface area contributed by atoms with Crippen LogP contribution in [0, 0.1) is 0 Å². The molecule has 2 atom stereocenters. The summed E-state index contributed by atoms with van der Waals surface area (Å²) in [5.74, 6) is 0. The van der Waals surface area contributed by atoms with E-state index in [9.17, 15) is 5.11 Å². The minimum atomic E-state index is -0.547. The fraction of sp³-hybridized carbons (Fsp3) is 1.00. The molecular weight excluding hydrogens is 154 g/mol. The predicted molar refractivity (Wildman–Crippen MR) is 46.0 cm³/mol. The summed E-state index contributed by atoms with van der Waals surface area (Å²) < 4.78 is 5.19. The molecule has 2 unspecified atom stereocenters. The van der Waals surface area contributed by atoms with E-state index in [0.717, 1.165) is 26.1 Å². The number of hydrogen-bond donors (Lipinski definition) is 1. The van der Waals surface area contributed by atoms with Crippen molar-refractivity contribution < 1.29 is 9.84 Å². The van der Waals surface area contributed by atoms with Crippen LogP contribution in [-0.4, -0.2) is 48.0 Å². The van der Waals surface area contributed by atoms with E-state index in [4.69, 9.17) is 4.74 Å². The van der Waals surface area contributed by atoms with Gasteiger partial charge in [0.2, 0.25) is 0 Å². The molecule has 0 aromatic carbocycles. The number of likely N-dealkylation sites (tertiary alicyclic amines) is 1. The zero-order chi connectivity index (χ0) is 8.60. The van der Waals surface area contributed by atoms with Crippen LogP contribution < -0.4 is 0 Å². The zero-order valence-electron chi connectivity index (χ0n) is 7.62. The van der Waals surface area contributed by atoms with Gasteiger partial charge in [0.05, 0.1) is 6.61 Å². The number of rotatable bonds is 2. The molecule has 1 N–H and O–H groups in total. The topological polar surface area (TPSA) is 32.7 Å². The summed E-state index contributed by atoms with van der Waals surface area (Å²) >= 11 is 0. The van der Waals surface area contributed by atoms with Crippen molar-refractivity contribution in [2.45, 2.75) is 31.4 Å². The molecule has 0 spiro atoms. The first kappa shape index (κ1) is 8.48. The van der Waals surface area contributed by atoms with Gasteiger partial charge in [-0.25, -0.2) is 0 Å². The zero-order valence-corrected chi connectivity index (χ0v) is 7.62. The summed E-state index contributed by atoms with van der Waals surface area (Å²) in [5.41, 5.74) is -0.547. The Bertz CT molecular complexity index is 166. The highest BCUT2D eigenvalue weighted by Gasteiger charge is 2.37. The molecule has 0 bridgehead atoms. The average Bonchev–Trinajstić information content (AvgIpc) is 2.46. The lowest BCUT2D eigenvalue weighted by molar-refractivity contribution is -0.0368. The SMILES string of the molecule is CC1CCN1CC1(O)CCOC1. The Kier molecular flexibility index (Phi) is 2.10. The lowest BCUT2D eigenvalue weighted by Gasteiger charge is -2.42. The number of ether oxygens (including phenoxy) is 1. The van der Waals surface area contributed by atoms with Crippen LogP contribution in [0.1, 0.15) is 19.8 Å². The Labute approximate surface area is 73.3 Å². The van der Waals surface area contributed by atoms with Gasteiger partial charge in [0.1, 0.15) is 5.60 Å². The molecule has 0 saturated carbocycles. The minimum Gasteiger partial charge on any atom is -0.386 e. The standard InChI is InChI=1S/C9H17NO2/c1-8-2-4-10(8)6-9(11)3-5-12-7-9/h8,11H,2-7H2,1H3. The summed E-state index contributed by atoms with van der Waals surface area (Å²) in [7, 11) is 0. The molecule has 2 heterocycles. The van der Waals surface area contributed by atoms with Gasteiger partial charge in [-0.1, -0.05) is 0 Å². The monoisotopic (exact) mass is 171 g/mol. The van der Waals surface area contributed by atoms with Crippen molar-refractivity contribution in [2.75, 3.05) is 26.3 Å². The average molecular weight is 171 g/mol. The number of nitrogens with zero attached hydrogens (tertiary/aromatic N) is 1. The van der Waals surface area contributed by atoms with Gasteiger partial charge in [-0.05, 0) is 13.3 Å². The second-order valence-corrected chi connectivity index (χ2v) is 4.14. The van der Waals surface area contributed by atoms with E-state index in [0.29, 0.717) is 12.6 Å². The summed E-state index contributed by atoms with van der Waals surface area (Å²) in [5, 5.41) is 9.98. The lowest BCUT2D eigenvalue weighted by atomic mass is 9.97. The number of hydrogen-bond acceptors (Lipinski definition) is 3. The fourth-order valence-corrected chi connectivity index (χ4v) is 1.90. The van der Waals surface area contributed by atoms with Gasteiger partial charge in [0.25, 0.3) is 0 Å². The molecule has 0 aliphatic carbocycles. The van der Waals surface area contributed by atoms with Crippen LogP contribution in [0.2, 0.25) is 0 Å². The highest BCUT2D eigenvalue weighted by atomic mass is 16.5. The molecule has 2 rings (SSSR count). The highest BCUT2D eigenvalue weighted by Crippen LogP contribution is 2.25. The van der Waals surface area contributed by atoms with Crippen molar-refractivity contribution >= 4 is 0 Å². The van der Waals surface area contributed by atoms with Gasteiger partial charge >= 0.3 is 0 Å². The summed E-state index contributed by atoms with van der Waals surface area (Å²) in [6.07, 6.45) is 2.08.